The molecule has 2 aliphatic carbocycles. The highest BCUT2D eigenvalue weighted by molar-refractivity contribution is 5.47. The Bertz CT molecular complexity index is 989. The third-order valence-electron chi connectivity index (χ3n) is 7.59. The van der Waals surface area contributed by atoms with E-state index in [1.54, 1.807) is 6.07 Å². The zero-order chi connectivity index (χ0) is 22.5. The van der Waals surface area contributed by atoms with Gasteiger partial charge in [-0.2, -0.15) is 0 Å². The summed E-state index contributed by atoms with van der Waals surface area (Å²) in [4.78, 5) is 0. The van der Waals surface area contributed by atoms with Crippen LogP contribution in [0.2, 0.25) is 0 Å². The maximum Gasteiger partial charge on any atom is 0.160 e. The van der Waals surface area contributed by atoms with Crippen LogP contribution in [0.5, 0.6) is 0 Å². The molecule has 0 heterocycles. The van der Waals surface area contributed by atoms with Crippen molar-refractivity contribution in [1.29, 1.82) is 0 Å². The highest BCUT2D eigenvalue weighted by Crippen LogP contribution is 2.41. The fraction of sp³-hybridized carbons (Fsp3) is 0.517. The molecule has 1 unspecified atom stereocenters. The van der Waals surface area contributed by atoms with Crippen LogP contribution >= 0.6 is 0 Å². The summed E-state index contributed by atoms with van der Waals surface area (Å²) < 4.78 is 41.2. The van der Waals surface area contributed by atoms with Gasteiger partial charge in [-0.05, 0) is 91.3 Å². The summed E-state index contributed by atoms with van der Waals surface area (Å²) in [5.74, 6) is 5.77. The van der Waals surface area contributed by atoms with Gasteiger partial charge in [0.05, 0.1) is 5.56 Å². The van der Waals surface area contributed by atoms with Crippen LogP contribution in [0.4, 0.5) is 13.2 Å². The Kier molecular flexibility index (Phi) is 7.61. The Balaban J connectivity index is 1.38. The fourth-order valence-corrected chi connectivity index (χ4v) is 5.65. The molecule has 1 saturated carbocycles. The highest BCUT2D eigenvalue weighted by atomic mass is 19.2. The number of halogens is 3. The van der Waals surface area contributed by atoms with Crippen molar-refractivity contribution >= 4 is 0 Å². The summed E-state index contributed by atoms with van der Waals surface area (Å²) >= 11 is 0. The maximum absolute atomic E-state index is 14.8. The molecule has 0 bridgehead atoms. The van der Waals surface area contributed by atoms with Gasteiger partial charge in [0.25, 0.3) is 0 Å². The van der Waals surface area contributed by atoms with Crippen LogP contribution in [0.25, 0.3) is 0 Å². The third kappa shape index (κ3) is 5.58. The van der Waals surface area contributed by atoms with Gasteiger partial charge in [0.2, 0.25) is 0 Å². The summed E-state index contributed by atoms with van der Waals surface area (Å²) in [6.45, 7) is 2.27. The first-order valence-corrected chi connectivity index (χ1v) is 12.3. The first-order valence-electron chi connectivity index (χ1n) is 12.3. The van der Waals surface area contributed by atoms with Crippen LogP contribution in [0.15, 0.2) is 30.3 Å². The van der Waals surface area contributed by atoms with Gasteiger partial charge >= 0.3 is 0 Å². The SMILES string of the molecule is CCCCCC1CCC(C2CCc3cc(C#Cc4ccc(F)c(F)c4)c(F)cc3C2)CC1. The maximum atomic E-state index is 14.8. The summed E-state index contributed by atoms with van der Waals surface area (Å²) in [7, 11) is 0. The molecule has 170 valence electrons. The topological polar surface area (TPSA) is 0 Å². The van der Waals surface area contributed by atoms with Crippen LogP contribution < -0.4 is 0 Å². The van der Waals surface area contributed by atoms with Crippen molar-refractivity contribution in [2.45, 2.75) is 77.6 Å². The molecule has 0 spiro atoms. The number of fused-ring (bicyclic) bond motifs is 1. The van der Waals surface area contributed by atoms with Gasteiger partial charge in [-0.3, -0.25) is 0 Å². The minimum absolute atomic E-state index is 0.320. The van der Waals surface area contributed by atoms with Crippen molar-refractivity contribution in [3.05, 3.63) is 70.0 Å². The Morgan fingerprint density at radius 2 is 1.59 bits per heavy atom. The number of aryl methyl sites for hydroxylation is 1. The van der Waals surface area contributed by atoms with Crippen molar-refractivity contribution in [2.24, 2.45) is 17.8 Å². The second-order valence-electron chi connectivity index (χ2n) is 9.76. The van der Waals surface area contributed by atoms with Crippen LogP contribution in [-0.4, -0.2) is 0 Å². The third-order valence-corrected chi connectivity index (χ3v) is 7.59. The van der Waals surface area contributed by atoms with Gasteiger partial charge in [0.15, 0.2) is 11.6 Å². The molecular formula is C29H33F3. The summed E-state index contributed by atoms with van der Waals surface area (Å²) in [6.07, 6.45) is 13.9. The lowest BCUT2D eigenvalue weighted by Gasteiger charge is -2.36. The minimum atomic E-state index is -0.941. The number of benzene rings is 2. The standard InChI is InChI=1S/C29H33F3/c1-2-3-4-5-20-6-10-22(11-7-20)23-13-14-24-17-25(28(31)19-26(24)18-23)12-8-21-9-15-27(30)29(32)16-21/h9,15-17,19-20,22-23H,2-7,10-11,13-14,18H2,1H3. The Labute approximate surface area is 190 Å². The van der Waals surface area contributed by atoms with Crippen LogP contribution in [0.1, 0.15) is 87.0 Å². The smallest absolute Gasteiger partial charge is 0.160 e. The van der Waals surface area contributed by atoms with E-state index in [4.69, 9.17) is 0 Å². The van der Waals surface area contributed by atoms with Gasteiger partial charge in [-0.15, -0.1) is 0 Å². The molecule has 3 heteroatoms. The number of hydrogen-bond acceptors (Lipinski definition) is 0. The van der Waals surface area contributed by atoms with Crippen molar-refractivity contribution in [2.75, 3.05) is 0 Å². The lowest BCUT2D eigenvalue weighted by molar-refractivity contribution is 0.183. The average molecular weight is 439 g/mol. The molecule has 0 aromatic heterocycles. The normalized spacial score (nSPS) is 22.7. The molecule has 0 radical (unpaired) electrons. The molecule has 32 heavy (non-hydrogen) atoms. The number of unbranched alkanes of at least 4 members (excludes halogenated alkanes) is 2. The molecule has 0 aliphatic heterocycles. The van der Waals surface area contributed by atoms with Crippen molar-refractivity contribution in [3.8, 4) is 11.8 Å². The number of hydrogen-bond donors (Lipinski definition) is 0. The second-order valence-corrected chi connectivity index (χ2v) is 9.76. The van der Waals surface area contributed by atoms with Crippen LogP contribution in [0.3, 0.4) is 0 Å². The van der Waals surface area contributed by atoms with E-state index in [0.717, 1.165) is 42.4 Å². The van der Waals surface area contributed by atoms with Crippen molar-refractivity contribution < 1.29 is 13.2 Å². The zero-order valence-electron chi connectivity index (χ0n) is 19.0. The Hall–Kier alpha value is -2.21. The van der Waals surface area contributed by atoms with Gasteiger partial charge in [0, 0.05) is 5.56 Å². The molecule has 4 rings (SSSR count). The van der Waals surface area contributed by atoms with Gasteiger partial charge in [-0.1, -0.05) is 57.3 Å². The average Bonchev–Trinajstić information content (AvgIpc) is 2.80. The van der Waals surface area contributed by atoms with E-state index in [-0.39, 0.29) is 5.82 Å². The largest absolute Gasteiger partial charge is 0.206 e. The van der Waals surface area contributed by atoms with E-state index in [1.807, 2.05) is 6.07 Å². The quantitative estimate of drug-likeness (QED) is 0.328. The van der Waals surface area contributed by atoms with Gasteiger partial charge < -0.3 is 0 Å². The van der Waals surface area contributed by atoms with E-state index in [2.05, 4.69) is 18.8 Å². The zero-order valence-corrected chi connectivity index (χ0v) is 19.0. The van der Waals surface area contributed by atoms with Crippen LogP contribution in [0, 0.1) is 47.0 Å². The fourth-order valence-electron chi connectivity index (χ4n) is 5.65. The predicted octanol–water partition coefficient (Wildman–Crippen LogP) is 8.00. The summed E-state index contributed by atoms with van der Waals surface area (Å²) in [6, 6.07) is 7.01. The summed E-state index contributed by atoms with van der Waals surface area (Å²) in [5, 5.41) is 0. The molecule has 0 N–H and O–H groups in total. The summed E-state index contributed by atoms with van der Waals surface area (Å²) in [5.41, 5.74) is 2.98. The predicted molar refractivity (Wildman–Crippen MR) is 124 cm³/mol. The Morgan fingerprint density at radius 3 is 2.34 bits per heavy atom. The van der Waals surface area contributed by atoms with Gasteiger partial charge in [-0.25, -0.2) is 13.2 Å². The molecule has 0 nitrogen and oxygen atoms in total. The second kappa shape index (κ2) is 10.6. The Morgan fingerprint density at radius 1 is 0.781 bits per heavy atom. The first kappa shape index (κ1) is 23.0. The minimum Gasteiger partial charge on any atom is -0.206 e. The van der Waals surface area contributed by atoms with E-state index >= 15 is 0 Å². The molecule has 0 saturated heterocycles. The highest BCUT2D eigenvalue weighted by Gasteiger charge is 2.30. The molecule has 2 aromatic carbocycles. The van der Waals surface area contributed by atoms with E-state index in [9.17, 15) is 13.2 Å². The molecule has 2 aliphatic rings. The van der Waals surface area contributed by atoms with Crippen LogP contribution in [-0.2, 0) is 12.8 Å². The lowest BCUT2D eigenvalue weighted by Crippen LogP contribution is -2.26. The lowest BCUT2D eigenvalue weighted by atomic mass is 9.69. The monoisotopic (exact) mass is 438 g/mol. The first-order chi connectivity index (χ1) is 15.5. The van der Waals surface area contributed by atoms with E-state index < -0.39 is 11.6 Å². The number of rotatable bonds is 5. The molecule has 0 amide bonds. The molecular weight excluding hydrogens is 405 g/mol. The van der Waals surface area contributed by atoms with Gasteiger partial charge in [0.1, 0.15) is 5.82 Å². The van der Waals surface area contributed by atoms with E-state index in [0.29, 0.717) is 17.0 Å². The molecule has 2 aromatic rings. The van der Waals surface area contributed by atoms with Crippen molar-refractivity contribution in [3.63, 3.8) is 0 Å². The van der Waals surface area contributed by atoms with E-state index in [1.165, 1.54) is 69.4 Å². The van der Waals surface area contributed by atoms with Crippen molar-refractivity contribution in [1.82, 2.24) is 0 Å². The molecule has 1 fully saturated rings. The molecule has 1 atom stereocenters.